The van der Waals surface area contributed by atoms with Crippen LogP contribution in [0.15, 0.2) is 66.9 Å². The fraction of sp³-hybridized carbons (Fsp3) is 0.0476. The number of nitrogens with zero attached hydrogens (tertiary/aromatic N) is 4. The number of hydrogen-bond acceptors (Lipinski definition) is 4. The molecule has 0 radical (unpaired) electrons. The molecule has 0 bridgehead atoms. The maximum Gasteiger partial charge on any atom is 0.274 e. The molecule has 2 aromatic carbocycles. The van der Waals surface area contributed by atoms with Crippen LogP contribution < -0.4 is 5.32 Å². The van der Waals surface area contributed by atoms with E-state index in [2.05, 4.69) is 20.6 Å². The lowest BCUT2D eigenvalue weighted by Crippen LogP contribution is -2.24. The van der Waals surface area contributed by atoms with Gasteiger partial charge in [0.15, 0.2) is 5.69 Å². The molecule has 0 aliphatic rings. The van der Waals surface area contributed by atoms with E-state index in [-0.39, 0.29) is 17.3 Å². The Kier molecular flexibility index (Phi) is 5.74. The predicted octanol–water partition coefficient (Wildman–Crippen LogP) is 4.71. The highest BCUT2D eigenvalue weighted by molar-refractivity contribution is 6.32. The van der Waals surface area contributed by atoms with Gasteiger partial charge in [0.2, 0.25) is 0 Å². The van der Waals surface area contributed by atoms with Crippen molar-refractivity contribution in [1.82, 2.24) is 25.3 Å². The Balaban J connectivity index is 1.71. The first-order valence-electron chi connectivity index (χ1n) is 8.88. The first-order chi connectivity index (χ1) is 14.5. The average Bonchev–Trinajstić information content (AvgIpc) is 3.19. The molecule has 0 unspecified atom stereocenters. The number of rotatable bonds is 5. The molecular formula is C21H14Cl2FN5O. The highest BCUT2D eigenvalue weighted by Gasteiger charge is 2.24. The number of benzene rings is 2. The van der Waals surface area contributed by atoms with Gasteiger partial charge < -0.3 is 5.32 Å². The van der Waals surface area contributed by atoms with Crippen LogP contribution >= 0.6 is 23.2 Å². The Hall–Kier alpha value is -3.29. The molecule has 4 rings (SSSR count). The van der Waals surface area contributed by atoms with Gasteiger partial charge in [-0.3, -0.25) is 9.78 Å². The minimum Gasteiger partial charge on any atom is -0.346 e. The van der Waals surface area contributed by atoms with Crippen LogP contribution in [0.2, 0.25) is 10.0 Å². The van der Waals surface area contributed by atoms with E-state index in [4.69, 9.17) is 23.2 Å². The number of para-hydroxylation sites is 1. The lowest BCUT2D eigenvalue weighted by molar-refractivity contribution is 0.0946. The van der Waals surface area contributed by atoms with Crippen LogP contribution in [-0.4, -0.2) is 25.9 Å². The van der Waals surface area contributed by atoms with Crippen molar-refractivity contribution in [3.8, 4) is 17.1 Å². The van der Waals surface area contributed by atoms with Crippen LogP contribution in [-0.2, 0) is 6.54 Å². The molecule has 30 heavy (non-hydrogen) atoms. The summed E-state index contributed by atoms with van der Waals surface area (Å²) in [5.41, 5.74) is 2.11. The monoisotopic (exact) mass is 441 g/mol. The maximum atomic E-state index is 13.2. The number of pyridine rings is 1. The lowest BCUT2D eigenvalue weighted by atomic mass is 10.2. The second kappa shape index (κ2) is 8.61. The minimum atomic E-state index is -0.477. The molecule has 0 fully saturated rings. The Bertz CT molecular complexity index is 1210. The molecule has 0 saturated carbocycles. The van der Waals surface area contributed by atoms with Crippen LogP contribution in [0.5, 0.6) is 0 Å². The second-order valence-corrected chi connectivity index (χ2v) is 7.10. The van der Waals surface area contributed by atoms with Gasteiger partial charge in [-0.15, -0.1) is 5.10 Å². The molecule has 0 atom stereocenters. The van der Waals surface area contributed by atoms with E-state index in [1.807, 2.05) is 0 Å². The molecule has 4 aromatic rings. The maximum absolute atomic E-state index is 13.2. The minimum absolute atomic E-state index is 0.0758. The average molecular weight is 442 g/mol. The summed E-state index contributed by atoms with van der Waals surface area (Å²) in [5.74, 6) is -0.926. The molecule has 2 aromatic heterocycles. The van der Waals surface area contributed by atoms with E-state index in [0.717, 1.165) is 0 Å². The molecule has 1 amide bonds. The molecule has 1 N–H and O–H groups in total. The van der Waals surface area contributed by atoms with E-state index < -0.39 is 11.7 Å². The van der Waals surface area contributed by atoms with E-state index in [9.17, 15) is 9.18 Å². The van der Waals surface area contributed by atoms with Crippen molar-refractivity contribution in [2.75, 3.05) is 0 Å². The van der Waals surface area contributed by atoms with Gasteiger partial charge in [0, 0.05) is 17.8 Å². The van der Waals surface area contributed by atoms with E-state index >= 15 is 0 Å². The fourth-order valence-electron chi connectivity index (χ4n) is 2.88. The van der Waals surface area contributed by atoms with Crippen molar-refractivity contribution in [3.63, 3.8) is 0 Å². The molecule has 9 heteroatoms. The molecular weight excluding hydrogens is 428 g/mol. The van der Waals surface area contributed by atoms with Crippen molar-refractivity contribution >= 4 is 29.1 Å². The molecule has 0 spiro atoms. The number of aromatic nitrogens is 4. The van der Waals surface area contributed by atoms with Gasteiger partial charge in [0.05, 0.1) is 16.4 Å². The summed E-state index contributed by atoms with van der Waals surface area (Å²) in [6.07, 6.45) is 1.61. The molecule has 6 nitrogen and oxygen atoms in total. The standard InChI is InChI=1S/C21H14Cl2FN5O/c22-15-5-1-2-7-18(15)29-20(17-6-3-4-10-25-17)19(27-28-29)21(30)26-12-13-8-9-14(24)11-16(13)23/h1-11H,12H2,(H,26,30). The summed E-state index contributed by atoms with van der Waals surface area (Å²) in [4.78, 5) is 17.3. The summed E-state index contributed by atoms with van der Waals surface area (Å²) in [6, 6.07) is 16.4. The van der Waals surface area contributed by atoms with Crippen molar-refractivity contribution in [3.05, 3.63) is 94.0 Å². The van der Waals surface area contributed by atoms with Crippen molar-refractivity contribution < 1.29 is 9.18 Å². The lowest BCUT2D eigenvalue weighted by Gasteiger charge is -2.10. The topological polar surface area (TPSA) is 72.7 Å². The third kappa shape index (κ3) is 4.03. The highest BCUT2D eigenvalue weighted by Crippen LogP contribution is 2.27. The zero-order valence-corrected chi connectivity index (χ0v) is 16.9. The third-order valence-electron chi connectivity index (χ3n) is 4.33. The van der Waals surface area contributed by atoms with E-state index in [1.54, 1.807) is 48.7 Å². The Morgan fingerprint density at radius 3 is 2.57 bits per heavy atom. The van der Waals surface area contributed by atoms with Crippen molar-refractivity contribution in [2.24, 2.45) is 0 Å². The first kappa shape index (κ1) is 20.0. The van der Waals surface area contributed by atoms with E-state index in [0.29, 0.717) is 27.7 Å². The second-order valence-electron chi connectivity index (χ2n) is 6.28. The fourth-order valence-corrected chi connectivity index (χ4v) is 3.33. The van der Waals surface area contributed by atoms with Gasteiger partial charge in [-0.05, 0) is 42.0 Å². The molecule has 0 aliphatic carbocycles. The Morgan fingerprint density at radius 1 is 1.03 bits per heavy atom. The highest BCUT2D eigenvalue weighted by atomic mass is 35.5. The summed E-state index contributed by atoms with van der Waals surface area (Å²) in [5, 5.41) is 11.6. The summed E-state index contributed by atoms with van der Waals surface area (Å²) >= 11 is 12.4. The number of nitrogens with one attached hydrogen (secondary N) is 1. The SMILES string of the molecule is O=C(NCc1ccc(F)cc1Cl)c1nnn(-c2ccccc2Cl)c1-c1ccccn1. The molecule has 2 heterocycles. The Labute approximate surface area is 181 Å². The van der Waals surface area contributed by atoms with Gasteiger partial charge in [-0.1, -0.05) is 52.7 Å². The zero-order chi connectivity index (χ0) is 21.1. The molecule has 150 valence electrons. The summed E-state index contributed by atoms with van der Waals surface area (Å²) < 4.78 is 14.7. The number of halogens is 3. The van der Waals surface area contributed by atoms with Gasteiger partial charge >= 0.3 is 0 Å². The normalized spacial score (nSPS) is 10.8. The predicted molar refractivity (Wildman–Crippen MR) is 112 cm³/mol. The Morgan fingerprint density at radius 2 is 1.83 bits per heavy atom. The van der Waals surface area contributed by atoms with Gasteiger partial charge in [-0.2, -0.15) is 0 Å². The van der Waals surface area contributed by atoms with Crippen LogP contribution in [0, 0.1) is 5.82 Å². The number of carbonyl (C=O) groups excluding carboxylic acids is 1. The number of amides is 1. The molecule has 0 saturated heterocycles. The van der Waals surface area contributed by atoms with Crippen molar-refractivity contribution in [2.45, 2.75) is 6.54 Å². The van der Waals surface area contributed by atoms with Crippen molar-refractivity contribution in [1.29, 1.82) is 0 Å². The number of carbonyl (C=O) groups is 1. The quantitative estimate of drug-likeness (QED) is 0.486. The third-order valence-corrected chi connectivity index (χ3v) is 5.00. The van der Waals surface area contributed by atoms with E-state index in [1.165, 1.54) is 22.9 Å². The molecule has 0 aliphatic heterocycles. The van der Waals surface area contributed by atoms with Crippen LogP contribution in [0.4, 0.5) is 4.39 Å². The smallest absolute Gasteiger partial charge is 0.274 e. The number of hydrogen-bond donors (Lipinski definition) is 1. The first-order valence-corrected chi connectivity index (χ1v) is 9.64. The largest absolute Gasteiger partial charge is 0.346 e. The van der Waals surface area contributed by atoms with Gasteiger partial charge in [-0.25, -0.2) is 9.07 Å². The summed E-state index contributed by atoms with van der Waals surface area (Å²) in [6.45, 7) is 0.0958. The zero-order valence-electron chi connectivity index (χ0n) is 15.4. The van der Waals surface area contributed by atoms with Gasteiger partial charge in [0.1, 0.15) is 11.5 Å². The van der Waals surface area contributed by atoms with Crippen LogP contribution in [0.25, 0.3) is 17.1 Å². The summed E-state index contributed by atoms with van der Waals surface area (Å²) in [7, 11) is 0. The van der Waals surface area contributed by atoms with Gasteiger partial charge in [0.25, 0.3) is 5.91 Å². The van der Waals surface area contributed by atoms with Crippen LogP contribution in [0.3, 0.4) is 0 Å². The van der Waals surface area contributed by atoms with Crippen LogP contribution in [0.1, 0.15) is 16.1 Å².